The number of hydrogen-bond acceptors (Lipinski definition) is 8. The maximum atomic E-state index is 13.1. The third-order valence-corrected chi connectivity index (χ3v) is 9.49. The summed E-state index contributed by atoms with van der Waals surface area (Å²) >= 11 is 0. The van der Waals surface area contributed by atoms with E-state index in [-0.39, 0.29) is 47.9 Å². The third-order valence-electron chi connectivity index (χ3n) is 9.49. The molecule has 1 aliphatic carbocycles. The summed E-state index contributed by atoms with van der Waals surface area (Å²) in [5.74, 6) is -0.259. The van der Waals surface area contributed by atoms with Crippen LogP contribution in [0.4, 0.5) is 0 Å². The quantitative estimate of drug-likeness (QED) is 0.120. The topological polar surface area (TPSA) is 118 Å². The standard InChI is InChI=1S/C42H45NO7/c1-28(36-33(44)24-41(2,3)25-34(36)45)43-37-39(47)38(46)35(50-40(37)48-26-29-16-8-4-9-17-29)27-49-42(30-18-10-5-11-19-30,31-20-12-6-13-21-31)32-22-14-7-15-23-32/h4-23,35,37-40,44,46-47H,24-27H2,1-3H3/t35-,37+,38-,39-,40+/m1/s1. The number of aliphatic hydroxyl groups is 3. The van der Waals surface area contributed by atoms with E-state index in [1.807, 2.05) is 135 Å². The maximum Gasteiger partial charge on any atom is 0.183 e. The highest BCUT2D eigenvalue weighted by atomic mass is 16.7. The first-order valence-electron chi connectivity index (χ1n) is 17.1. The number of rotatable bonds is 11. The van der Waals surface area contributed by atoms with Crippen LogP contribution in [-0.2, 0) is 31.2 Å². The molecule has 0 unspecified atom stereocenters. The fraction of sp³-hybridized carbons (Fsp3) is 0.333. The van der Waals surface area contributed by atoms with E-state index in [2.05, 4.69) is 0 Å². The molecule has 0 bridgehead atoms. The minimum absolute atomic E-state index is 0.0358. The molecule has 8 nitrogen and oxygen atoms in total. The molecule has 50 heavy (non-hydrogen) atoms. The normalized spacial score (nSPS) is 24.3. The number of carbonyl (C=O) groups excluding carboxylic acids is 1. The van der Waals surface area contributed by atoms with Crippen LogP contribution in [0.3, 0.4) is 0 Å². The molecule has 3 N–H and O–H groups in total. The van der Waals surface area contributed by atoms with Gasteiger partial charge in [-0.15, -0.1) is 0 Å². The molecule has 8 heteroatoms. The highest BCUT2D eigenvalue weighted by Crippen LogP contribution is 2.41. The second kappa shape index (κ2) is 15.2. The van der Waals surface area contributed by atoms with Gasteiger partial charge in [-0.05, 0) is 34.6 Å². The molecule has 0 spiro atoms. The minimum Gasteiger partial charge on any atom is -0.511 e. The van der Waals surface area contributed by atoms with Crippen LogP contribution in [0.25, 0.3) is 0 Å². The number of Topliss-reactive ketones (excluding diaryl/α,β-unsaturated/α-hetero) is 1. The van der Waals surface area contributed by atoms with Crippen molar-refractivity contribution in [1.82, 2.24) is 0 Å². The Morgan fingerprint density at radius 3 is 1.80 bits per heavy atom. The Labute approximate surface area is 293 Å². The molecule has 1 aliphatic heterocycles. The number of carbonyl (C=O) groups is 1. The summed E-state index contributed by atoms with van der Waals surface area (Å²) in [6.45, 7) is 5.51. The largest absolute Gasteiger partial charge is 0.511 e. The fourth-order valence-electron chi connectivity index (χ4n) is 7.04. The van der Waals surface area contributed by atoms with E-state index in [9.17, 15) is 20.1 Å². The predicted molar refractivity (Wildman–Crippen MR) is 192 cm³/mol. The second-order valence-electron chi connectivity index (χ2n) is 13.9. The molecule has 5 atom stereocenters. The molecule has 2 aliphatic rings. The Balaban J connectivity index is 1.34. The average molecular weight is 676 g/mol. The number of ether oxygens (including phenoxy) is 3. The van der Waals surface area contributed by atoms with Crippen LogP contribution in [0, 0.1) is 5.41 Å². The van der Waals surface area contributed by atoms with Gasteiger partial charge in [-0.3, -0.25) is 9.79 Å². The summed E-state index contributed by atoms with van der Waals surface area (Å²) < 4.78 is 19.7. The fourth-order valence-corrected chi connectivity index (χ4v) is 7.04. The number of ketones is 1. The van der Waals surface area contributed by atoms with Gasteiger partial charge < -0.3 is 29.5 Å². The number of aliphatic imine (C=N–C) groups is 1. The van der Waals surface area contributed by atoms with Crippen molar-refractivity contribution in [3.63, 3.8) is 0 Å². The minimum atomic E-state index is -1.44. The first-order chi connectivity index (χ1) is 24.1. The van der Waals surface area contributed by atoms with Crippen molar-refractivity contribution >= 4 is 11.5 Å². The van der Waals surface area contributed by atoms with Gasteiger partial charge in [0.05, 0.1) is 18.8 Å². The summed E-state index contributed by atoms with van der Waals surface area (Å²) in [5.41, 5.74) is 2.45. The van der Waals surface area contributed by atoms with Gasteiger partial charge in [0.2, 0.25) is 0 Å². The molecule has 0 saturated carbocycles. The van der Waals surface area contributed by atoms with Gasteiger partial charge in [0.1, 0.15) is 35.7 Å². The van der Waals surface area contributed by atoms with E-state index in [4.69, 9.17) is 19.2 Å². The van der Waals surface area contributed by atoms with Gasteiger partial charge >= 0.3 is 0 Å². The molecule has 0 aromatic heterocycles. The Morgan fingerprint density at radius 2 is 1.30 bits per heavy atom. The van der Waals surface area contributed by atoms with E-state index in [0.717, 1.165) is 22.3 Å². The van der Waals surface area contributed by atoms with E-state index in [0.29, 0.717) is 6.42 Å². The molecule has 1 saturated heterocycles. The first-order valence-corrected chi connectivity index (χ1v) is 17.1. The van der Waals surface area contributed by atoms with Crippen LogP contribution in [0.5, 0.6) is 0 Å². The molecule has 1 heterocycles. The number of aliphatic hydroxyl groups excluding tert-OH is 3. The van der Waals surface area contributed by atoms with E-state index < -0.39 is 36.2 Å². The van der Waals surface area contributed by atoms with Crippen molar-refractivity contribution in [3.05, 3.63) is 155 Å². The van der Waals surface area contributed by atoms with Crippen LogP contribution in [0.15, 0.2) is 138 Å². The van der Waals surface area contributed by atoms with E-state index in [1.54, 1.807) is 6.92 Å². The highest BCUT2D eigenvalue weighted by Gasteiger charge is 2.48. The van der Waals surface area contributed by atoms with Crippen molar-refractivity contribution in [2.24, 2.45) is 10.4 Å². The van der Waals surface area contributed by atoms with Gasteiger partial charge in [-0.25, -0.2) is 0 Å². The summed E-state index contributed by atoms with van der Waals surface area (Å²) in [7, 11) is 0. The molecule has 6 rings (SSSR count). The zero-order valence-electron chi connectivity index (χ0n) is 28.7. The van der Waals surface area contributed by atoms with Crippen molar-refractivity contribution in [2.45, 2.75) is 76.5 Å². The lowest BCUT2D eigenvalue weighted by Gasteiger charge is -2.43. The molecular weight excluding hydrogens is 630 g/mol. The van der Waals surface area contributed by atoms with Crippen LogP contribution >= 0.6 is 0 Å². The lowest BCUT2D eigenvalue weighted by molar-refractivity contribution is -0.274. The predicted octanol–water partition coefficient (Wildman–Crippen LogP) is 6.69. The van der Waals surface area contributed by atoms with Crippen molar-refractivity contribution in [3.8, 4) is 0 Å². The van der Waals surface area contributed by atoms with Crippen LogP contribution in [0.1, 0.15) is 55.9 Å². The Kier molecular flexibility index (Phi) is 10.8. The molecule has 4 aromatic rings. The SMILES string of the molecule is CC(=N[C@@H]1[C@@H](OCc2ccccc2)O[C@H](COC(c2ccccc2)(c2ccccc2)c2ccccc2)[C@@H](O)[C@@H]1O)C1=C(O)CC(C)(C)CC1=O. The Hall–Kier alpha value is -4.44. The summed E-state index contributed by atoms with van der Waals surface area (Å²) in [6, 6.07) is 38.0. The smallest absolute Gasteiger partial charge is 0.183 e. The van der Waals surface area contributed by atoms with Crippen molar-refractivity contribution in [2.75, 3.05) is 6.61 Å². The van der Waals surface area contributed by atoms with Crippen molar-refractivity contribution in [1.29, 1.82) is 0 Å². The summed E-state index contributed by atoms with van der Waals surface area (Å²) in [6.07, 6.45) is -4.41. The molecule has 4 aromatic carbocycles. The Morgan fingerprint density at radius 1 is 0.800 bits per heavy atom. The molecule has 0 amide bonds. The summed E-state index contributed by atoms with van der Waals surface area (Å²) in [5, 5.41) is 34.2. The van der Waals surface area contributed by atoms with Crippen LogP contribution < -0.4 is 0 Å². The second-order valence-corrected chi connectivity index (χ2v) is 13.9. The van der Waals surface area contributed by atoms with E-state index >= 15 is 0 Å². The molecular formula is C42H45NO7. The number of hydrogen-bond donors (Lipinski definition) is 3. The maximum absolute atomic E-state index is 13.1. The van der Waals surface area contributed by atoms with Gasteiger partial charge in [-0.2, -0.15) is 0 Å². The summed E-state index contributed by atoms with van der Waals surface area (Å²) in [4.78, 5) is 17.8. The molecule has 1 fully saturated rings. The third kappa shape index (κ3) is 7.50. The van der Waals surface area contributed by atoms with Gasteiger partial charge in [0.15, 0.2) is 12.1 Å². The lowest BCUT2D eigenvalue weighted by Crippen LogP contribution is -2.59. The highest BCUT2D eigenvalue weighted by molar-refractivity contribution is 6.22. The number of benzene rings is 4. The van der Waals surface area contributed by atoms with Crippen LogP contribution in [-0.4, -0.2) is 64.1 Å². The monoisotopic (exact) mass is 675 g/mol. The molecule has 0 radical (unpaired) electrons. The zero-order chi connectivity index (χ0) is 35.3. The number of nitrogens with zero attached hydrogens (tertiary/aromatic N) is 1. The lowest BCUT2D eigenvalue weighted by atomic mass is 9.75. The zero-order valence-corrected chi connectivity index (χ0v) is 28.7. The van der Waals surface area contributed by atoms with Gasteiger partial charge in [-0.1, -0.05) is 135 Å². The number of allylic oxidation sites excluding steroid dienone is 2. The van der Waals surface area contributed by atoms with Crippen LogP contribution in [0.2, 0.25) is 0 Å². The molecule has 260 valence electrons. The Bertz CT molecular complexity index is 1690. The van der Waals surface area contributed by atoms with Gasteiger partial charge in [0.25, 0.3) is 0 Å². The first kappa shape index (κ1) is 35.4. The van der Waals surface area contributed by atoms with E-state index in [1.165, 1.54) is 0 Å². The van der Waals surface area contributed by atoms with Crippen molar-refractivity contribution < 1.29 is 34.3 Å². The average Bonchev–Trinajstić information content (AvgIpc) is 3.12. The van der Waals surface area contributed by atoms with Gasteiger partial charge in [0, 0.05) is 18.6 Å².